The first-order chi connectivity index (χ1) is 9.08. The first-order valence-electron chi connectivity index (χ1n) is 6.51. The predicted molar refractivity (Wildman–Crippen MR) is 84.7 cm³/mol. The predicted octanol–water partition coefficient (Wildman–Crippen LogP) is 4.71. The van der Waals surface area contributed by atoms with Crippen molar-refractivity contribution in [2.24, 2.45) is 0 Å². The molecule has 1 fully saturated rings. The summed E-state index contributed by atoms with van der Waals surface area (Å²) < 4.78 is 1.86. The second-order valence-electron chi connectivity index (χ2n) is 4.90. The largest absolute Gasteiger partial charge is 0.480 e. The lowest BCUT2D eigenvalue weighted by Gasteiger charge is -2.21. The van der Waals surface area contributed by atoms with E-state index in [-0.39, 0.29) is 0 Å². The Bertz CT molecular complexity index is 422. The van der Waals surface area contributed by atoms with Crippen molar-refractivity contribution >= 4 is 49.2 Å². The molecular weight excluding hydrogens is 394 g/mol. The van der Waals surface area contributed by atoms with E-state index >= 15 is 0 Å². The monoisotopic (exact) mass is 409 g/mol. The Labute approximate surface area is 134 Å². The number of aliphatic carboxylic acids is 1. The molecule has 0 bridgehead atoms. The van der Waals surface area contributed by atoms with E-state index < -0.39 is 12.0 Å². The van der Waals surface area contributed by atoms with Gasteiger partial charge in [-0.25, -0.2) is 0 Å². The van der Waals surface area contributed by atoms with E-state index in [9.17, 15) is 9.90 Å². The van der Waals surface area contributed by atoms with Crippen LogP contribution in [0.4, 0.5) is 0 Å². The van der Waals surface area contributed by atoms with E-state index in [0.29, 0.717) is 6.04 Å². The summed E-state index contributed by atoms with van der Waals surface area (Å²) >= 11 is 8.31. The van der Waals surface area contributed by atoms with Crippen molar-refractivity contribution in [3.63, 3.8) is 0 Å². The number of thiophene rings is 1. The lowest BCUT2D eigenvalue weighted by atomic mass is 10.1. The van der Waals surface area contributed by atoms with Gasteiger partial charge in [0.2, 0.25) is 0 Å². The Balaban J connectivity index is 2.09. The van der Waals surface area contributed by atoms with Crippen molar-refractivity contribution in [3.8, 4) is 0 Å². The average molecular weight is 411 g/mol. The van der Waals surface area contributed by atoms with Gasteiger partial charge in [-0.2, -0.15) is 0 Å². The van der Waals surface area contributed by atoms with E-state index in [4.69, 9.17) is 0 Å². The highest BCUT2D eigenvalue weighted by Crippen LogP contribution is 2.36. The van der Waals surface area contributed by atoms with Crippen molar-refractivity contribution in [1.82, 2.24) is 5.32 Å². The number of halogens is 2. The Hall–Kier alpha value is 0.0900. The summed E-state index contributed by atoms with van der Waals surface area (Å²) in [5, 5.41) is 12.8. The van der Waals surface area contributed by atoms with Crippen LogP contribution in [0.2, 0.25) is 0 Å². The van der Waals surface area contributed by atoms with Gasteiger partial charge in [-0.3, -0.25) is 10.1 Å². The Kier molecular flexibility index (Phi) is 5.87. The van der Waals surface area contributed by atoms with Gasteiger partial charge in [-0.05, 0) is 50.8 Å². The zero-order chi connectivity index (χ0) is 13.8. The van der Waals surface area contributed by atoms with Gasteiger partial charge >= 0.3 is 5.97 Å². The lowest BCUT2D eigenvalue weighted by Crippen LogP contribution is -2.36. The molecule has 1 aliphatic carbocycles. The molecule has 106 valence electrons. The normalized spacial score (nSPS) is 19.1. The molecule has 1 saturated carbocycles. The lowest BCUT2D eigenvalue weighted by molar-refractivity contribution is -0.139. The molecule has 1 heterocycles. The average Bonchev–Trinajstić information content (AvgIpc) is 2.58. The topological polar surface area (TPSA) is 49.3 Å². The van der Waals surface area contributed by atoms with Gasteiger partial charge in [0.1, 0.15) is 6.04 Å². The molecule has 1 unspecified atom stereocenters. The van der Waals surface area contributed by atoms with Gasteiger partial charge in [0, 0.05) is 15.4 Å². The fourth-order valence-corrected chi connectivity index (χ4v) is 4.61. The van der Waals surface area contributed by atoms with E-state index in [0.717, 1.165) is 26.0 Å². The van der Waals surface area contributed by atoms with Crippen molar-refractivity contribution in [2.45, 2.75) is 50.6 Å². The molecule has 0 spiro atoms. The number of hydrogen-bond acceptors (Lipinski definition) is 3. The molecule has 0 aliphatic heterocycles. The number of carboxylic acids is 1. The number of hydrogen-bond donors (Lipinski definition) is 2. The SMILES string of the molecule is O=C(O)C(NC1CCCCCC1)c1cc(Br)c(Br)s1. The standard InChI is InChI=1S/C13H17Br2NO2S/c14-9-7-10(19-12(9)15)11(13(17)18)16-8-5-3-1-2-4-6-8/h7-8,11,16H,1-6H2,(H,17,18). The molecule has 1 aromatic rings. The van der Waals surface area contributed by atoms with Crippen LogP contribution in [0.3, 0.4) is 0 Å². The summed E-state index contributed by atoms with van der Waals surface area (Å²) in [6.45, 7) is 0. The molecule has 0 saturated heterocycles. The minimum Gasteiger partial charge on any atom is -0.480 e. The van der Waals surface area contributed by atoms with Crippen molar-refractivity contribution in [2.75, 3.05) is 0 Å². The Morgan fingerprint density at radius 2 is 1.95 bits per heavy atom. The molecule has 6 heteroatoms. The quantitative estimate of drug-likeness (QED) is 0.706. The van der Waals surface area contributed by atoms with Crippen LogP contribution in [0.5, 0.6) is 0 Å². The van der Waals surface area contributed by atoms with Gasteiger partial charge in [0.15, 0.2) is 0 Å². The molecule has 2 N–H and O–H groups in total. The fraction of sp³-hybridized carbons (Fsp3) is 0.615. The van der Waals surface area contributed by atoms with Crippen LogP contribution in [0.15, 0.2) is 14.3 Å². The van der Waals surface area contributed by atoms with E-state index in [1.54, 1.807) is 0 Å². The number of carbonyl (C=O) groups is 1. The molecule has 1 aromatic heterocycles. The minimum atomic E-state index is -0.800. The summed E-state index contributed by atoms with van der Waals surface area (Å²) in [4.78, 5) is 12.3. The van der Waals surface area contributed by atoms with Crippen LogP contribution in [-0.4, -0.2) is 17.1 Å². The maximum absolute atomic E-state index is 11.5. The number of nitrogens with one attached hydrogen (secondary N) is 1. The van der Waals surface area contributed by atoms with Gasteiger partial charge in [-0.15, -0.1) is 11.3 Å². The van der Waals surface area contributed by atoms with Crippen LogP contribution in [0.1, 0.15) is 49.4 Å². The first-order valence-corrected chi connectivity index (χ1v) is 8.91. The maximum atomic E-state index is 11.5. The Morgan fingerprint density at radius 1 is 1.32 bits per heavy atom. The zero-order valence-electron chi connectivity index (χ0n) is 10.5. The minimum absolute atomic E-state index is 0.322. The molecule has 0 aromatic carbocycles. The van der Waals surface area contributed by atoms with Crippen LogP contribution in [0.25, 0.3) is 0 Å². The summed E-state index contributed by atoms with van der Waals surface area (Å²) in [7, 11) is 0. The molecule has 0 amide bonds. The van der Waals surface area contributed by atoms with Gasteiger partial charge < -0.3 is 5.11 Å². The third-order valence-corrected chi connectivity index (χ3v) is 6.77. The second kappa shape index (κ2) is 7.20. The molecule has 1 aliphatic rings. The van der Waals surface area contributed by atoms with Gasteiger partial charge in [0.25, 0.3) is 0 Å². The summed E-state index contributed by atoms with van der Waals surface area (Å²) in [5.41, 5.74) is 0. The van der Waals surface area contributed by atoms with E-state index in [1.807, 2.05) is 6.07 Å². The molecule has 1 atom stereocenters. The number of rotatable bonds is 4. The van der Waals surface area contributed by atoms with Crippen LogP contribution in [0, 0.1) is 0 Å². The highest BCUT2D eigenvalue weighted by molar-refractivity contribution is 9.13. The second-order valence-corrected chi connectivity index (χ2v) is 8.15. The first kappa shape index (κ1) is 15.5. The summed E-state index contributed by atoms with van der Waals surface area (Å²) in [6, 6.07) is 1.61. The number of carboxylic acid groups (broad SMARTS) is 1. The molecule has 3 nitrogen and oxygen atoms in total. The molecule has 0 radical (unpaired) electrons. The van der Waals surface area contributed by atoms with Crippen LogP contribution < -0.4 is 5.32 Å². The fourth-order valence-electron chi connectivity index (χ4n) is 2.46. The third-order valence-electron chi connectivity index (χ3n) is 3.45. The molecular formula is C13H17Br2NO2S. The van der Waals surface area contributed by atoms with Crippen LogP contribution in [-0.2, 0) is 4.79 Å². The summed E-state index contributed by atoms with van der Waals surface area (Å²) in [5.74, 6) is -0.800. The van der Waals surface area contributed by atoms with Crippen molar-refractivity contribution in [1.29, 1.82) is 0 Å². The van der Waals surface area contributed by atoms with Crippen molar-refractivity contribution in [3.05, 3.63) is 19.2 Å². The van der Waals surface area contributed by atoms with Gasteiger partial charge in [-0.1, -0.05) is 25.7 Å². The maximum Gasteiger partial charge on any atom is 0.326 e. The van der Waals surface area contributed by atoms with E-state index in [2.05, 4.69) is 37.2 Å². The van der Waals surface area contributed by atoms with Crippen molar-refractivity contribution < 1.29 is 9.90 Å². The smallest absolute Gasteiger partial charge is 0.326 e. The molecule has 2 rings (SSSR count). The van der Waals surface area contributed by atoms with Crippen LogP contribution >= 0.6 is 43.2 Å². The van der Waals surface area contributed by atoms with E-state index in [1.165, 1.54) is 37.0 Å². The highest BCUT2D eigenvalue weighted by Gasteiger charge is 2.26. The van der Waals surface area contributed by atoms with Gasteiger partial charge in [0.05, 0.1) is 3.79 Å². The zero-order valence-corrected chi connectivity index (χ0v) is 14.5. The highest BCUT2D eigenvalue weighted by atomic mass is 79.9. The summed E-state index contributed by atoms with van der Waals surface area (Å²) in [6.07, 6.45) is 7.09. The Morgan fingerprint density at radius 3 is 2.42 bits per heavy atom. The molecule has 19 heavy (non-hydrogen) atoms. The third kappa shape index (κ3) is 4.28.